The van der Waals surface area contributed by atoms with Crippen LogP contribution in [-0.2, 0) is 19.3 Å². The smallest absolute Gasteiger partial charge is 0.180 e. The molecule has 1 aromatic carbocycles. The van der Waals surface area contributed by atoms with Crippen molar-refractivity contribution in [1.29, 1.82) is 0 Å². The first-order valence-electron chi connectivity index (χ1n) is 6.09. The van der Waals surface area contributed by atoms with Crippen LogP contribution in [0.5, 0.6) is 5.75 Å². The molecule has 0 fully saturated rings. The van der Waals surface area contributed by atoms with Crippen LogP contribution in [0.4, 0.5) is 5.13 Å². The van der Waals surface area contributed by atoms with E-state index in [1.165, 1.54) is 16.0 Å². The molecule has 0 saturated heterocycles. The zero-order valence-corrected chi connectivity index (χ0v) is 11.6. The molecule has 0 bridgehead atoms. The molecule has 0 aliphatic carbocycles. The van der Waals surface area contributed by atoms with Crippen LogP contribution in [0.3, 0.4) is 0 Å². The second-order valence-corrected chi connectivity index (χ2v) is 5.31. The van der Waals surface area contributed by atoms with Crippen molar-refractivity contribution < 1.29 is 4.74 Å². The molecule has 1 aromatic heterocycles. The lowest BCUT2D eigenvalue weighted by Crippen LogP contribution is -1.94. The maximum absolute atomic E-state index is 5.62. The number of rotatable bonds is 5. The van der Waals surface area contributed by atoms with E-state index in [9.17, 15) is 0 Å². The third-order valence-electron chi connectivity index (χ3n) is 2.96. The van der Waals surface area contributed by atoms with Crippen LogP contribution in [0.15, 0.2) is 24.4 Å². The molecule has 0 aliphatic heterocycles. The Hall–Kier alpha value is -1.55. The molecule has 0 saturated carbocycles. The van der Waals surface area contributed by atoms with Crippen LogP contribution in [0.25, 0.3) is 0 Å². The molecule has 0 amide bonds. The van der Waals surface area contributed by atoms with Crippen LogP contribution >= 0.6 is 11.3 Å². The Morgan fingerprint density at radius 3 is 2.78 bits per heavy atom. The number of anilines is 1. The molecule has 2 aromatic rings. The van der Waals surface area contributed by atoms with Crippen molar-refractivity contribution in [3.63, 3.8) is 0 Å². The van der Waals surface area contributed by atoms with Gasteiger partial charge in [0.25, 0.3) is 0 Å². The van der Waals surface area contributed by atoms with Crippen LogP contribution in [-0.4, -0.2) is 12.1 Å². The average molecular weight is 262 g/mol. The Labute approximate surface area is 112 Å². The highest BCUT2D eigenvalue weighted by molar-refractivity contribution is 7.15. The van der Waals surface area contributed by atoms with Gasteiger partial charge in [-0.3, -0.25) is 0 Å². The van der Waals surface area contributed by atoms with Gasteiger partial charge >= 0.3 is 0 Å². The van der Waals surface area contributed by atoms with Crippen molar-refractivity contribution in [2.45, 2.75) is 26.2 Å². The molecule has 0 aliphatic rings. The minimum atomic E-state index is 0.647. The standard InChI is InChI=1S/C14H18N2OS/c1-3-11-8-10(5-7-13(11)17-2)4-6-12-9-16-14(15)18-12/h5,7-9H,3-4,6H2,1-2H3,(H2,15,16). The van der Waals surface area contributed by atoms with Crippen molar-refractivity contribution in [3.8, 4) is 5.75 Å². The van der Waals surface area contributed by atoms with Gasteiger partial charge in [-0.15, -0.1) is 11.3 Å². The quantitative estimate of drug-likeness (QED) is 0.900. The van der Waals surface area contributed by atoms with Crippen LogP contribution in [0.1, 0.15) is 22.9 Å². The summed E-state index contributed by atoms with van der Waals surface area (Å²) in [6, 6.07) is 6.40. The van der Waals surface area contributed by atoms with Crippen molar-refractivity contribution in [1.82, 2.24) is 4.98 Å². The van der Waals surface area contributed by atoms with Gasteiger partial charge in [0, 0.05) is 11.1 Å². The van der Waals surface area contributed by atoms with E-state index in [4.69, 9.17) is 10.5 Å². The molecule has 3 nitrogen and oxygen atoms in total. The third-order valence-corrected chi connectivity index (χ3v) is 3.84. The van der Waals surface area contributed by atoms with E-state index in [2.05, 4.69) is 30.1 Å². The highest BCUT2D eigenvalue weighted by Crippen LogP contribution is 2.22. The summed E-state index contributed by atoms with van der Waals surface area (Å²) in [5.41, 5.74) is 8.22. The topological polar surface area (TPSA) is 48.1 Å². The molecular formula is C14H18N2OS. The first-order chi connectivity index (χ1) is 8.72. The highest BCUT2D eigenvalue weighted by atomic mass is 32.1. The lowest BCUT2D eigenvalue weighted by molar-refractivity contribution is 0.410. The van der Waals surface area contributed by atoms with Crippen molar-refractivity contribution in [3.05, 3.63) is 40.4 Å². The van der Waals surface area contributed by atoms with Gasteiger partial charge < -0.3 is 10.5 Å². The number of aryl methyl sites for hydroxylation is 3. The number of aromatic nitrogens is 1. The van der Waals surface area contributed by atoms with Gasteiger partial charge in [-0.1, -0.05) is 19.1 Å². The van der Waals surface area contributed by atoms with Gasteiger partial charge in [-0.05, 0) is 36.5 Å². The molecule has 0 radical (unpaired) electrons. The first-order valence-corrected chi connectivity index (χ1v) is 6.90. The summed E-state index contributed by atoms with van der Waals surface area (Å²) >= 11 is 1.57. The molecular weight excluding hydrogens is 244 g/mol. The van der Waals surface area contributed by atoms with E-state index in [1.807, 2.05) is 6.20 Å². The minimum absolute atomic E-state index is 0.647. The van der Waals surface area contributed by atoms with Gasteiger partial charge in [0.1, 0.15) is 5.75 Å². The summed E-state index contributed by atoms with van der Waals surface area (Å²) in [6.07, 6.45) is 4.86. The second kappa shape index (κ2) is 5.87. The van der Waals surface area contributed by atoms with E-state index in [0.29, 0.717) is 5.13 Å². The van der Waals surface area contributed by atoms with Crippen molar-refractivity contribution in [2.24, 2.45) is 0 Å². The van der Waals surface area contributed by atoms with Crippen molar-refractivity contribution >= 4 is 16.5 Å². The predicted octanol–water partition coefficient (Wildman–Crippen LogP) is 3.08. The summed E-state index contributed by atoms with van der Waals surface area (Å²) in [7, 11) is 1.72. The zero-order chi connectivity index (χ0) is 13.0. The molecule has 2 N–H and O–H groups in total. The first kappa shape index (κ1) is 12.9. The second-order valence-electron chi connectivity index (χ2n) is 4.16. The summed E-state index contributed by atoms with van der Waals surface area (Å²) in [5.74, 6) is 0.975. The Kier molecular flexibility index (Phi) is 4.20. The molecule has 0 spiro atoms. The number of ether oxygens (including phenoxy) is 1. The zero-order valence-electron chi connectivity index (χ0n) is 10.8. The number of nitrogen functional groups attached to an aromatic ring is 1. The SMILES string of the molecule is CCc1cc(CCc2cnc(N)s2)ccc1OC. The summed E-state index contributed by atoms with van der Waals surface area (Å²) < 4.78 is 5.33. The summed E-state index contributed by atoms with van der Waals surface area (Å²) in [6.45, 7) is 2.14. The van der Waals surface area contributed by atoms with Crippen LogP contribution in [0.2, 0.25) is 0 Å². The summed E-state index contributed by atoms with van der Waals surface area (Å²) in [5, 5.41) is 0.647. The van der Waals surface area contributed by atoms with E-state index in [0.717, 1.165) is 25.0 Å². The molecule has 18 heavy (non-hydrogen) atoms. The molecule has 0 atom stereocenters. The lowest BCUT2D eigenvalue weighted by Gasteiger charge is -2.08. The fourth-order valence-corrected chi connectivity index (χ4v) is 2.65. The lowest BCUT2D eigenvalue weighted by atomic mass is 10.0. The van der Waals surface area contributed by atoms with E-state index in [-0.39, 0.29) is 0 Å². The number of hydrogen-bond acceptors (Lipinski definition) is 4. The van der Waals surface area contributed by atoms with E-state index < -0.39 is 0 Å². The van der Waals surface area contributed by atoms with Gasteiger partial charge in [0.15, 0.2) is 5.13 Å². The molecule has 2 rings (SSSR count). The Morgan fingerprint density at radius 2 is 2.17 bits per heavy atom. The van der Waals surface area contributed by atoms with Gasteiger partial charge in [-0.2, -0.15) is 0 Å². The van der Waals surface area contributed by atoms with Gasteiger partial charge in [-0.25, -0.2) is 4.98 Å². The van der Waals surface area contributed by atoms with Gasteiger partial charge in [0.05, 0.1) is 7.11 Å². The molecule has 4 heteroatoms. The van der Waals surface area contributed by atoms with Crippen molar-refractivity contribution in [2.75, 3.05) is 12.8 Å². The number of methoxy groups -OCH3 is 1. The monoisotopic (exact) mass is 262 g/mol. The maximum Gasteiger partial charge on any atom is 0.180 e. The van der Waals surface area contributed by atoms with Gasteiger partial charge in [0.2, 0.25) is 0 Å². The molecule has 96 valence electrons. The van der Waals surface area contributed by atoms with E-state index >= 15 is 0 Å². The normalized spacial score (nSPS) is 10.6. The summed E-state index contributed by atoms with van der Waals surface area (Å²) in [4.78, 5) is 5.30. The molecule has 1 heterocycles. The average Bonchev–Trinajstić information content (AvgIpc) is 2.81. The van der Waals surface area contributed by atoms with Crippen LogP contribution < -0.4 is 10.5 Å². The predicted molar refractivity (Wildman–Crippen MR) is 76.3 cm³/mol. The minimum Gasteiger partial charge on any atom is -0.496 e. The largest absolute Gasteiger partial charge is 0.496 e. The number of hydrogen-bond donors (Lipinski definition) is 1. The number of nitrogens with two attached hydrogens (primary N) is 1. The fourth-order valence-electron chi connectivity index (χ4n) is 1.97. The van der Waals surface area contributed by atoms with E-state index in [1.54, 1.807) is 18.4 Å². The Morgan fingerprint density at radius 1 is 1.33 bits per heavy atom. The van der Waals surface area contributed by atoms with Crippen LogP contribution in [0, 0.1) is 0 Å². The highest BCUT2D eigenvalue weighted by Gasteiger charge is 2.04. The Bertz CT molecular complexity index is 522. The number of benzene rings is 1. The molecule has 0 unspecified atom stereocenters. The fraction of sp³-hybridized carbons (Fsp3) is 0.357. The number of nitrogens with zero attached hydrogens (tertiary/aromatic N) is 1. The third kappa shape index (κ3) is 3.01. The Balaban J connectivity index is 2.05. The number of thiazole rings is 1. The maximum atomic E-state index is 5.62.